The van der Waals surface area contributed by atoms with Gasteiger partial charge in [-0.05, 0) is 54.7 Å². The number of aryl methyl sites for hydroxylation is 2. The molecule has 2 rings (SSSR count). The lowest BCUT2D eigenvalue weighted by molar-refractivity contribution is 0.460. The average Bonchev–Trinajstić information content (AvgIpc) is 2.52. The Kier molecular flexibility index (Phi) is 5.35. The Labute approximate surface area is 139 Å². The second kappa shape index (κ2) is 7.08. The van der Waals surface area contributed by atoms with E-state index in [2.05, 4.69) is 26.0 Å². The number of rotatable bonds is 6. The zero-order valence-electron chi connectivity index (χ0n) is 14.7. The van der Waals surface area contributed by atoms with Crippen LogP contribution in [0.25, 0.3) is 0 Å². The van der Waals surface area contributed by atoms with Gasteiger partial charge >= 0.3 is 0 Å². The molecule has 0 aliphatic rings. The van der Waals surface area contributed by atoms with Gasteiger partial charge in [0, 0.05) is 5.41 Å². The fourth-order valence-electron chi connectivity index (χ4n) is 3.18. The van der Waals surface area contributed by atoms with E-state index in [-0.39, 0.29) is 5.41 Å². The van der Waals surface area contributed by atoms with E-state index in [0.717, 1.165) is 24.0 Å². The summed E-state index contributed by atoms with van der Waals surface area (Å²) in [4.78, 5) is 0. The first-order valence-electron chi connectivity index (χ1n) is 8.48. The third-order valence-electron chi connectivity index (χ3n) is 4.95. The molecule has 124 valence electrons. The maximum Gasteiger partial charge on any atom is 0.118 e. The molecule has 0 aliphatic carbocycles. The fourth-order valence-corrected chi connectivity index (χ4v) is 3.18. The number of hydrogen-bond acceptors (Lipinski definition) is 2. The molecule has 0 radical (unpaired) electrons. The van der Waals surface area contributed by atoms with E-state index in [1.165, 1.54) is 24.0 Å². The van der Waals surface area contributed by atoms with Crippen molar-refractivity contribution in [2.75, 3.05) is 0 Å². The Bertz CT molecular complexity index is 622. The van der Waals surface area contributed by atoms with Crippen molar-refractivity contribution in [2.45, 2.75) is 58.8 Å². The first-order valence-corrected chi connectivity index (χ1v) is 8.48. The molecule has 0 unspecified atom stereocenters. The molecule has 0 aliphatic heterocycles. The lowest BCUT2D eigenvalue weighted by Crippen LogP contribution is -2.24. The predicted molar refractivity (Wildman–Crippen MR) is 96.3 cm³/mol. The van der Waals surface area contributed by atoms with Crippen molar-refractivity contribution in [2.24, 2.45) is 0 Å². The van der Waals surface area contributed by atoms with Crippen LogP contribution in [0.5, 0.6) is 11.5 Å². The van der Waals surface area contributed by atoms with E-state index in [1.807, 2.05) is 26.0 Å². The molecule has 0 bridgehead atoms. The van der Waals surface area contributed by atoms with Crippen molar-refractivity contribution >= 4 is 0 Å². The minimum Gasteiger partial charge on any atom is -0.508 e. The van der Waals surface area contributed by atoms with E-state index in [0.29, 0.717) is 11.5 Å². The van der Waals surface area contributed by atoms with E-state index in [9.17, 15) is 10.2 Å². The van der Waals surface area contributed by atoms with E-state index in [4.69, 9.17) is 0 Å². The van der Waals surface area contributed by atoms with Gasteiger partial charge in [-0.3, -0.25) is 0 Å². The number of phenols is 2. The van der Waals surface area contributed by atoms with Crippen LogP contribution in [0.4, 0.5) is 0 Å². The maximum atomic E-state index is 9.84. The summed E-state index contributed by atoms with van der Waals surface area (Å²) in [6.07, 6.45) is 4.62. The van der Waals surface area contributed by atoms with Crippen LogP contribution in [-0.4, -0.2) is 10.2 Å². The second-order valence-corrected chi connectivity index (χ2v) is 6.79. The van der Waals surface area contributed by atoms with Crippen LogP contribution in [0.2, 0.25) is 0 Å². The molecule has 0 heterocycles. The van der Waals surface area contributed by atoms with Gasteiger partial charge in [0.1, 0.15) is 11.5 Å². The van der Waals surface area contributed by atoms with Crippen molar-refractivity contribution in [1.29, 1.82) is 0 Å². The number of hydrogen-bond donors (Lipinski definition) is 2. The van der Waals surface area contributed by atoms with Gasteiger partial charge in [-0.25, -0.2) is 0 Å². The average molecular weight is 312 g/mol. The molecule has 2 aromatic rings. The molecule has 2 nitrogen and oxygen atoms in total. The number of aromatic hydroxyl groups is 2. The van der Waals surface area contributed by atoms with Crippen LogP contribution in [0, 0.1) is 13.8 Å². The molecule has 0 atom stereocenters. The van der Waals surface area contributed by atoms with E-state index < -0.39 is 0 Å². The molecule has 2 heteroatoms. The van der Waals surface area contributed by atoms with Crippen molar-refractivity contribution in [1.82, 2.24) is 0 Å². The van der Waals surface area contributed by atoms with Gasteiger partial charge in [0.05, 0.1) is 0 Å². The van der Waals surface area contributed by atoms with Gasteiger partial charge in [0.15, 0.2) is 0 Å². The summed E-state index contributed by atoms with van der Waals surface area (Å²) in [5, 5.41) is 19.7. The van der Waals surface area contributed by atoms with Crippen molar-refractivity contribution in [3.63, 3.8) is 0 Å². The lowest BCUT2D eigenvalue weighted by Gasteiger charge is -2.32. The molecule has 0 fully saturated rings. The van der Waals surface area contributed by atoms with Crippen LogP contribution in [-0.2, 0) is 5.41 Å². The molecule has 2 aromatic carbocycles. The Morgan fingerprint density at radius 2 is 1.30 bits per heavy atom. The SMILES string of the molecule is CCCCCC(C)(c1ccc(O)c(C)c1)c1ccc(O)c(C)c1. The maximum absolute atomic E-state index is 9.84. The molecule has 0 amide bonds. The summed E-state index contributed by atoms with van der Waals surface area (Å²) in [5.41, 5.74) is 4.12. The molecule has 2 N–H and O–H groups in total. The Hall–Kier alpha value is -1.96. The largest absolute Gasteiger partial charge is 0.508 e. The normalized spacial score (nSPS) is 11.7. The van der Waals surface area contributed by atoms with E-state index >= 15 is 0 Å². The first-order chi connectivity index (χ1) is 10.9. The number of unbranched alkanes of at least 4 members (excludes halogenated alkanes) is 2. The molecular formula is C21H28O2. The Morgan fingerprint density at radius 3 is 1.70 bits per heavy atom. The molecular weight excluding hydrogens is 284 g/mol. The minimum atomic E-state index is -0.119. The molecule has 23 heavy (non-hydrogen) atoms. The molecule has 0 saturated carbocycles. The van der Waals surface area contributed by atoms with Crippen molar-refractivity contribution in [3.8, 4) is 11.5 Å². The first kappa shape index (κ1) is 17.4. The van der Waals surface area contributed by atoms with Gasteiger partial charge in [-0.1, -0.05) is 57.4 Å². The third-order valence-corrected chi connectivity index (χ3v) is 4.95. The van der Waals surface area contributed by atoms with Crippen LogP contribution in [0.1, 0.15) is 61.8 Å². The highest BCUT2D eigenvalue weighted by Crippen LogP contribution is 2.39. The summed E-state index contributed by atoms with van der Waals surface area (Å²) in [5.74, 6) is 0.679. The van der Waals surface area contributed by atoms with Crippen LogP contribution < -0.4 is 0 Å². The number of benzene rings is 2. The van der Waals surface area contributed by atoms with Crippen molar-refractivity contribution in [3.05, 3.63) is 58.7 Å². The van der Waals surface area contributed by atoms with Crippen LogP contribution >= 0.6 is 0 Å². The summed E-state index contributed by atoms with van der Waals surface area (Å²) >= 11 is 0. The van der Waals surface area contributed by atoms with Gasteiger partial charge in [-0.15, -0.1) is 0 Å². The lowest BCUT2D eigenvalue weighted by atomic mass is 9.72. The quantitative estimate of drug-likeness (QED) is 0.681. The summed E-state index contributed by atoms with van der Waals surface area (Å²) in [6.45, 7) is 8.35. The second-order valence-electron chi connectivity index (χ2n) is 6.79. The van der Waals surface area contributed by atoms with Gasteiger partial charge in [0.2, 0.25) is 0 Å². The standard InChI is InChI=1S/C21H28O2/c1-5-6-7-12-21(4,17-8-10-19(22)15(2)13-17)18-9-11-20(23)16(3)14-18/h8-11,13-14,22-23H,5-7,12H2,1-4H3. The third kappa shape index (κ3) is 3.69. The monoisotopic (exact) mass is 312 g/mol. The Balaban J connectivity index is 2.49. The van der Waals surface area contributed by atoms with Crippen LogP contribution in [0.3, 0.4) is 0 Å². The fraction of sp³-hybridized carbons (Fsp3) is 0.429. The van der Waals surface area contributed by atoms with Gasteiger partial charge in [-0.2, -0.15) is 0 Å². The highest BCUT2D eigenvalue weighted by molar-refractivity contribution is 5.46. The summed E-state index contributed by atoms with van der Waals surface area (Å²) in [7, 11) is 0. The zero-order chi connectivity index (χ0) is 17.0. The summed E-state index contributed by atoms with van der Waals surface area (Å²) < 4.78 is 0. The minimum absolute atomic E-state index is 0.119. The highest BCUT2D eigenvalue weighted by atomic mass is 16.3. The highest BCUT2D eigenvalue weighted by Gasteiger charge is 2.29. The Morgan fingerprint density at radius 1 is 0.826 bits per heavy atom. The van der Waals surface area contributed by atoms with E-state index in [1.54, 1.807) is 12.1 Å². The number of phenolic OH excluding ortho intramolecular Hbond substituents is 2. The van der Waals surface area contributed by atoms with Gasteiger partial charge < -0.3 is 10.2 Å². The molecule has 0 aromatic heterocycles. The van der Waals surface area contributed by atoms with Crippen molar-refractivity contribution < 1.29 is 10.2 Å². The smallest absolute Gasteiger partial charge is 0.118 e. The molecule has 0 spiro atoms. The van der Waals surface area contributed by atoms with Gasteiger partial charge in [0.25, 0.3) is 0 Å². The predicted octanol–water partition coefficient (Wildman–Crippen LogP) is 5.60. The van der Waals surface area contributed by atoms with Crippen LogP contribution in [0.15, 0.2) is 36.4 Å². The zero-order valence-corrected chi connectivity index (χ0v) is 14.7. The topological polar surface area (TPSA) is 40.5 Å². The summed E-state index contributed by atoms with van der Waals surface area (Å²) in [6, 6.07) is 11.8. The molecule has 0 saturated heterocycles.